The van der Waals surface area contributed by atoms with Gasteiger partial charge in [-0.25, -0.2) is 0 Å². The van der Waals surface area contributed by atoms with Crippen LogP contribution in [0.1, 0.15) is 31.9 Å². The smallest absolute Gasteiger partial charge is 0.0640 e. The summed E-state index contributed by atoms with van der Waals surface area (Å²) in [5, 5.41) is 1.16. The number of hydrogen-bond acceptors (Lipinski definition) is 1. The van der Waals surface area contributed by atoms with Crippen LogP contribution in [0.5, 0.6) is 0 Å². The summed E-state index contributed by atoms with van der Waals surface area (Å²) < 4.78 is 0. The highest BCUT2D eigenvalue weighted by Crippen LogP contribution is 2.32. The van der Waals surface area contributed by atoms with Crippen molar-refractivity contribution in [2.45, 2.75) is 26.3 Å². The van der Waals surface area contributed by atoms with Crippen molar-refractivity contribution in [2.75, 3.05) is 0 Å². The Kier molecular flexibility index (Phi) is 6.62. The van der Waals surface area contributed by atoms with Crippen LogP contribution < -0.4 is 5.73 Å². The van der Waals surface area contributed by atoms with E-state index in [4.69, 9.17) is 28.9 Å². The topological polar surface area (TPSA) is 26.0 Å². The molecule has 0 bridgehead atoms. The molecule has 0 saturated carbocycles. The van der Waals surface area contributed by atoms with Gasteiger partial charge in [0, 0.05) is 6.04 Å². The molecular formula is C11H16Cl3N. The highest BCUT2D eigenvalue weighted by molar-refractivity contribution is 6.42. The van der Waals surface area contributed by atoms with Crippen molar-refractivity contribution in [2.24, 2.45) is 11.7 Å². The second-order valence-electron chi connectivity index (χ2n) is 3.55. The molecule has 0 aliphatic rings. The van der Waals surface area contributed by atoms with Gasteiger partial charge >= 0.3 is 0 Å². The molecular weight excluding hydrogens is 252 g/mol. The highest BCUT2D eigenvalue weighted by atomic mass is 35.5. The van der Waals surface area contributed by atoms with Gasteiger partial charge in [-0.2, -0.15) is 0 Å². The molecule has 4 heteroatoms. The Hall–Kier alpha value is 0.0500. The van der Waals surface area contributed by atoms with Gasteiger partial charge in [-0.1, -0.05) is 55.6 Å². The van der Waals surface area contributed by atoms with E-state index in [-0.39, 0.29) is 18.4 Å². The van der Waals surface area contributed by atoms with Gasteiger partial charge < -0.3 is 5.73 Å². The lowest BCUT2D eigenvalue weighted by molar-refractivity contribution is 0.457. The number of rotatable bonds is 3. The van der Waals surface area contributed by atoms with Crippen molar-refractivity contribution in [3.8, 4) is 0 Å². The molecule has 0 fully saturated rings. The Labute approximate surface area is 107 Å². The summed E-state index contributed by atoms with van der Waals surface area (Å²) in [4.78, 5) is 0. The Bertz CT molecular complexity index is 315. The second kappa shape index (κ2) is 6.59. The fraction of sp³-hybridized carbons (Fsp3) is 0.455. The maximum Gasteiger partial charge on any atom is 0.0640 e. The second-order valence-corrected chi connectivity index (χ2v) is 4.34. The molecule has 2 atom stereocenters. The largest absolute Gasteiger partial charge is 0.324 e. The van der Waals surface area contributed by atoms with Crippen LogP contribution in [0.2, 0.25) is 10.0 Å². The van der Waals surface area contributed by atoms with Crippen molar-refractivity contribution < 1.29 is 0 Å². The molecule has 0 spiro atoms. The molecule has 0 heterocycles. The molecule has 1 aromatic rings. The van der Waals surface area contributed by atoms with E-state index in [0.717, 1.165) is 12.0 Å². The molecule has 15 heavy (non-hydrogen) atoms. The van der Waals surface area contributed by atoms with Gasteiger partial charge in [-0.3, -0.25) is 0 Å². The van der Waals surface area contributed by atoms with Crippen molar-refractivity contribution in [3.05, 3.63) is 33.8 Å². The van der Waals surface area contributed by atoms with Gasteiger partial charge in [0.2, 0.25) is 0 Å². The third-order valence-corrected chi connectivity index (χ3v) is 3.43. The van der Waals surface area contributed by atoms with E-state index in [1.807, 2.05) is 12.1 Å². The minimum Gasteiger partial charge on any atom is -0.324 e. The first-order valence-corrected chi connectivity index (χ1v) is 5.53. The third kappa shape index (κ3) is 3.53. The molecule has 0 saturated heterocycles. The van der Waals surface area contributed by atoms with E-state index in [1.54, 1.807) is 6.07 Å². The lowest BCUT2D eigenvalue weighted by Gasteiger charge is -2.20. The monoisotopic (exact) mass is 267 g/mol. The maximum absolute atomic E-state index is 6.08. The van der Waals surface area contributed by atoms with E-state index < -0.39 is 0 Å². The van der Waals surface area contributed by atoms with Crippen molar-refractivity contribution >= 4 is 35.6 Å². The van der Waals surface area contributed by atoms with Crippen LogP contribution >= 0.6 is 35.6 Å². The SMILES string of the molecule is CCC(C)[C@H](N)c1cccc(Cl)c1Cl.Cl. The summed E-state index contributed by atoms with van der Waals surface area (Å²) in [6.07, 6.45) is 1.03. The summed E-state index contributed by atoms with van der Waals surface area (Å²) in [6.45, 7) is 4.23. The van der Waals surface area contributed by atoms with Crippen LogP contribution in [0.3, 0.4) is 0 Å². The zero-order chi connectivity index (χ0) is 10.7. The number of benzene rings is 1. The van der Waals surface area contributed by atoms with E-state index >= 15 is 0 Å². The number of nitrogens with two attached hydrogens (primary N) is 1. The van der Waals surface area contributed by atoms with Crippen LogP contribution in [0, 0.1) is 5.92 Å². The van der Waals surface area contributed by atoms with Crippen molar-refractivity contribution in [3.63, 3.8) is 0 Å². The molecule has 86 valence electrons. The summed E-state index contributed by atoms with van der Waals surface area (Å²) >= 11 is 12.0. The van der Waals surface area contributed by atoms with Crippen LogP contribution in [0.25, 0.3) is 0 Å². The standard InChI is InChI=1S/C11H15Cl2N.ClH/c1-3-7(2)11(14)8-5-4-6-9(12)10(8)13;/h4-7,11H,3,14H2,1-2H3;1H/t7?,11-;/m0./s1. The molecule has 1 nitrogen and oxygen atoms in total. The molecule has 1 rings (SSSR count). The fourth-order valence-corrected chi connectivity index (χ4v) is 1.77. The minimum atomic E-state index is -0.0359. The van der Waals surface area contributed by atoms with E-state index in [9.17, 15) is 0 Å². The average molecular weight is 269 g/mol. The number of halogens is 3. The normalized spacial score (nSPS) is 14.2. The molecule has 1 unspecified atom stereocenters. The Balaban J connectivity index is 0.00000196. The van der Waals surface area contributed by atoms with Gasteiger partial charge in [0.25, 0.3) is 0 Å². The molecule has 0 radical (unpaired) electrons. The highest BCUT2D eigenvalue weighted by Gasteiger charge is 2.16. The van der Waals surface area contributed by atoms with E-state index in [2.05, 4.69) is 13.8 Å². The van der Waals surface area contributed by atoms with Crippen molar-refractivity contribution in [1.82, 2.24) is 0 Å². The van der Waals surface area contributed by atoms with E-state index in [1.165, 1.54) is 0 Å². The zero-order valence-electron chi connectivity index (χ0n) is 8.84. The average Bonchev–Trinajstić information content (AvgIpc) is 2.20. The molecule has 0 aliphatic heterocycles. The minimum absolute atomic E-state index is 0. The zero-order valence-corrected chi connectivity index (χ0v) is 11.2. The maximum atomic E-state index is 6.08. The van der Waals surface area contributed by atoms with Crippen LogP contribution in [0.4, 0.5) is 0 Å². The Morgan fingerprint density at radius 1 is 1.33 bits per heavy atom. The quantitative estimate of drug-likeness (QED) is 0.860. The molecule has 2 N–H and O–H groups in total. The molecule has 0 aliphatic carbocycles. The van der Waals surface area contributed by atoms with Gasteiger partial charge in [0.15, 0.2) is 0 Å². The number of hydrogen-bond donors (Lipinski definition) is 1. The van der Waals surface area contributed by atoms with Gasteiger partial charge in [-0.15, -0.1) is 12.4 Å². The predicted octanol–water partition coefficient (Wildman–Crippen LogP) is 4.46. The first-order chi connectivity index (χ1) is 6.57. The van der Waals surface area contributed by atoms with Crippen LogP contribution in [-0.4, -0.2) is 0 Å². The van der Waals surface area contributed by atoms with Crippen LogP contribution in [0.15, 0.2) is 18.2 Å². The fourth-order valence-electron chi connectivity index (χ4n) is 1.34. The first kappa shape index (κ1) is 15.0. The first-order valence-electron chi connectivity index (χ1n) is 4.77. The van der Waals surface area contributed by atoms with Gasteiger partial charge in [0.05, 0.1) is 10.0 Å². The Morgan fingerprint density at radius 2 is 1.93 bits per heavy atom. The summed E-state index contributed by atoms with van der Waals surface area (Å²) in [7, 11) is 0. The lowest BCUT2D eigenvalue weighted by atomic mass is 9.93. The summed E-state index contributed by atoms with van der Waals surface area (Å²) in [5.74, 6) is 0.408. The summed E-state index contributed by atoms with van der Waals surface area (Å²) in [5.41, 5.74) is 7.01. The van der Waals surface area contributed by atoms with Crippen LogP contribution in [-0.2, 0) is 0 Å². The molecule has 0 amide bonds. The van der Waals surface area contributed by atoms with E-state index in [0.29, 0.717) is 16.0 Å². The molecule has 1 aromatic carbocycles. The Morgan fingerprint density at radius 3 is 2.47 bits per heavy atom. The van der Waals surface area contributed by atoms with Gasteiger partial charge in [-0.05, 0) is 17.5 Å². The summed E-state index contributed by atoms with van der Waals surface area (Å²) in [6, 6.07) is 5.55. The third-order valence-electron chi connectivity index (χ3n) is 2.60. The lowest BCUT2D eigenvalue weighted by Crippen LogP contribution is -2.18. The molecule has 0 aromatic heterocycles. The van der Waals surface area contributed by atoms with Crippen molar-refractivity contribution in [1.29, 1.82) is 0 Å². The van der Waals surface area contributed by atoms with Gasteiger partial charge in [0.1, 0.15) is 0 Å². The predicted molar refractivity (Wildman–Crippen MR) is 70.1 cm³/mol.